The Morgan fingerprint density at radius 3 is 2.09 bits per heavy atom. The number of nitrogens with two attached hydrogens (primary N) is 2. The third-order valence-electron chi connectivity index (χ3n) is 9.37. The van der Waals surface area contributed by atoms with Gasteiger partial charge in [-0.15, -0.1) is 0 Å². The van der Waals surface area contributed by atoms with Crippen LogP contribution in [0.3, 0.4) is 0 Å². The molecule has 14 atom stereocenters. The predicted octanol–water partition coefficient (Wildman–Crippen LogP) is -5.70. The molecule has 3 aliphatic rings. The van der Waals surface area contributed by atoms with E-state index >= 15 is 0 Å². The number of aliphatic hydroxyl groups excluding tert-OH is 3. The molecule has 3 heterocycles. The van der Waals surface area contributed by atoms with Crippen LogP contribution in [0, 0.1) is 0 Å². The van der Waals surface area contributed by atoms with E-state index in [1.165, 1.54) is 20.8 Å². The van der Waals surface area contributed by atoms with Crippen LogP contribution in [-0.4, -0.2) is 167 Å². The SMILES string of the molecule is CC(=O)NC1C(OC2C3COC(O3)C(NC(C)=O)C2OC(C)C(=O)NC(C)C(=O)NC(CCC(=O)NC(CCCCN)C(=O)O)C(N)=O)OC(CO)C(O)C1O. The Labute approximate surface area is 322 Å². The van der Waals surface area contributed by atoms with Crippen molar-refractivity contribution in [3.63, 3.8) is 0 Å². The molecule has 0 spiro atoms. The molecule has 23 nitrogen and oxygen atoms in total. The number of carboxylic acids is 1. The van der Waals surface area contributed by atoms with Gasteiger partial charge in [0.05, 0.1) is 13.2 Å². The lowest BCUT2D eigenvalue weighted by atomic mass is 9.95. The van der Waals surface area contributed by atoms with E-state index in [4.69, 9.17) is 35.2 Å². The van der Waals surface area contributed by atoms with Crippen molar-refractivity contribution in [1.82, 2.24) is 26.6 Å². The molecule has 318 valence electrons. The van der Waals surface area contributed by atoms with Gasteiger partial charge in [0.1, 0.15) is 72.9 Å². The zero-order valence-corrected chi connectivity index (χ0v) is 31.6. The number of aliphatic hydroxyl groups is 3. The summed E-state index contributed by atoms with van der Waals surface area (Å²) in [5.74, 6) is -5.74. The highest BCUT2D eigenvalue weighted by Gasteiger charge is 2.56. The highest BCUT2D eigenvalue weighted by molar-refractivity contribution is 5.92. The number of unbranched alkanes of at least 4 members (excludes halogenated alkanes) is 1. The molecule has 0 aromatic heterocycles. The fourth-order valence-corrected chi connectivity index (χ4v) is 6.39. The Hall–Kier alpha value is -4.07. The summed E-state index contributed by atoms with van der Waals surface area (Å²) in [4.78, 5) is 86.8. The molecule has 3 fully saturated rings. The van der Waals surface area contributed by atoms with E-state index in [0.29, 0.717) is 19.4 Å². The number of carboxylic acid groups (broad SMARTS) is 1. The number of ether oxygens (including phenoxy) is 5. The van der Waals surface area contributed by atoms with E-state index < -0.39 is 134 Å². The molecule has 3 aliphatic heterocycles. The monoisotopic (exact) mass is 805 g/mol. The van der Waals surface area contributed by atoms with Crippen LogP contribution in [0.15, 0.2) is 0 Å². The molecule has 13 N–H and O–H groups in total. The number of nitrogens with one attached hydrogen (secondary N) is 5. The van der Waals surface area contributed by atoms with Crippen LogP contribution in [0.25, 0.3) is 0 Å². The van der Waals surface area contributed by atoms with E-state index in [0.717, 1.165) is 6.92 Å². The second kappa shape index (κ2) is 21.5. The normalized spacial score (nSPS) is 30.5. The number of hydrogen-bond donors (Lipinski definition) is 11. The van der Waals surface area contributed by atoms with Gasteiger partial charge >= 0.3 is 5.97 Å². The Kier molecular flexibility index (Phi) is 17.7. The summed E-state index contributed by atoms with van der Waals surface area (Å²) in [5.41, 5.74) is 10.9. The number of primary amides is 1. The number of rotatable bonds is 21. The van der Waals surface area contributed by atoms with Gasteiger partial charge in [0, 0.05) is 20.3 Å². The minimum Gasteiger partial charge on any atom is -0.480 e. The zero-order valence-electron chi connectivity index (χ0n) is 31.6. The van der Waals surface area contributed by atoms with Crippen LogP contribution in [-0.2, 0) is 57.2 Å². The standard InChI is InChI=1S/C33H55N7O16/c1-13(29(48)40-17(28(35)47)8-9-21(44)39-18(31(50)51)7-5-6-10-34)36-30(49)14(2)53-27-23(38-16(4)43)32-52-12-20(55-32)26(27)56-33-22(37-15(3)42)25(46)24(45)19(11-41)54-33/h13-14,17-20,22-27,32-33,41,45-46H,5-12,34H2,1-4H3,(H2,35,47)(H,36,49)(H,37,42)(H,38,43)(H,39,44)(H,40,48)(H,50,51). The van der Waals surface area contributed by atoms with Crippen LogP contribution >= 0.6 is 0 Å². The smallest absolute Gasteiger partial charge is 0.326 e. The summed E-state index contributed by atoms with van der Waals surface area (Å²) < 4.78 is 29.7. The minimum atomic E-state index is -1.65. The van der Waals surface area contributed by atoms with E-state index in [1.807, 2.05) is 0 Å². The first-order valence-corrected chi connectivity index (χ1v) is 18.2. The highest BCUT2D eigenvalue weighted by Crippen LogP contribution is 2.35. The highest BCUT2D eigenvalue weighted by atomic mass is 16.8. The second-order valence-corrected chi connectivity index (χ2v) is 13.9. The quantitative estimate of drug-likeness (QED) is 0.0482. The Morgan fingerprint density at radius 2 is 1.50 bits per heavy atom. The Balaban J connectivity index is 1.70. The molecule has 0 radical (unpaired) electrons. The van der Waals surface area contributed by atoms with Crippen LogP contribution in [0.2, 0.25) is 0 Å². The van der Waals surface area contributed by atoms with Crippen molar-refractivity contribution in [2.75, 3.05) is 19.8 Å². The van der Waals surface area contributed by atoms with Crippen molar-refractivity contribution >= 4 is 41.4 Å². The predicted molar refractivity (Wildman–Crippen MR) is 187 cm³/mol. The van der Waals surface area contributed by atoms with Gasteiger partial charge in [0.15, 0.2) is 12.6 Å². The number of aliphatic carboxylic acids is 1. The topological polar surface area (TPSA) is 359 Å². The van der Waals surface area contributed by atoms with Crippen molar-refractivity contribution < 1.29 is 77.7 Å². The van der Waals surface area contributed by atoms with Crippen molar-refractivity contribution in [2.24, 2.45) is 11.5 Å². The molecule has 3 saturated heterocycles. The van der Waals surface area contributed by atoms with Gasteiger partial charge in [-0.25, -0.2) is 4.79 Å². The van der Waals surface area contributed by atoms with Crippen molar-refractivity contribution in [3.05, 3.63) is 0 Å². The average Bonchev–Trinajstić information content (AvgIpc) is 3.57. The van der Waals surface area contributed by atoms with Crippen LogP contribution in [0.4, 0.5) is 0 Å². The lowest BCUT2D eigenvalue weighted by Gasteiger charge is -2.47. The summed E-state index contributed by atoms with van der Waals surface area (Å²) in [6.45, 7) is 4.57. The third kappa shape index (κ3) is 12.7. The summed E-state index contributed by atoms with van der Waals surface area (Å²) >= 11 is 0. The average molecular weight is 806 g/mol. The first-order chi connectivity index (χ1) is 26.4. The lowest BCUT2D eigenvalue weighted by Crippen LogP contribution is -2.68. The van der Waals surface area contributed by atoms with E-state index in [2.05, 4.69) is 26.6 Å². The van der Waals surface area contributed by atoms with Gasteiger partial charge in [-0.2, -0.15) is 0 Å². The summed E-state index contributed by atoms with van der Waals surface area (Å²) in [6.07, 6.45) is -11.3. The maximum absolute atomic E-state index is 13.4. The van der Waals surface area contributed by atoms with Crippen LogP contribution in [0.5, 0.6) is 0 Å². The minimum absolute atomic E-state index is 0.0766. The van der Waals surface area contributed by atoms with Crippen molar-refractivity contribution in [1.29, 1.82) is 0 Å². The fourth-order valence-electron chi connectivity index (χ4n) is 6.39. The van der Waals surface area contributed by atoms with E-state index in [-0.39, 0.29) is 25.9 Å². The molecular weight excluding hydrogens is 750 g/mol. The summed E-state index contributed by atoms with van der Waals surface area (Å²) in [7, 11) is 0. The molecule has 0 saturated carbocycles. The molecule has 56 heavy (non-hydrogen) atoms. The second-order valence-electron chi connectivity index (χ2n) is 13.9. The molecular formula is C33H55N7O16. The lowest BCUT2D eigenvalue weighted by molar-refractivity contribution is -0.313. The first-order valence-electron chi connectivity index (χ1n) is 18.2. The third-order valence-corrected chi connectivity index (χ3v) is 9.37. The van der Waals surface area contributed by atoms with Gasteiger partial charge in [-0.3, -0.25) is 28.8 Å². The fraction of sp³-hybridized carbons (Fsp3) is 0.788. The zero-order chi connectivity index (χ0) is 41.9. The number of hydrogen-bond acceptors (Lipinski definition) is 16. The van der Waals surface area contributed by atoms with Crippen LogP contribution in [0.1, 0.15) is 59.8 Å². The van der Waals surface area contributed by atoms with E-state index in [9.17, 15) is 54.0 Å². The van der Waals surface area contributed by atoms with Gasteiger partial charge in [0.2, 0.25) is 35.4 Å². The summed E-state index contributed by atoms with van der Waals surface area (Å²) in [6, 6.07) is -6.25. The number of carbonyl (C=O) groups excluding carboxylic acids is 6. The van der Waals surface area contributed by atoms with Crippen molar-refractivity contribution in [2.45, 2.75) is 145 Å². The van der Waals surface area contributed by atoms with Gasteiger partial charge < -0.3 is 82.2 Å². The van der Waals surface area contributed by atoms with Gasteiger partial charge in [0.25, 0.3) is 0 Å². The Morgan fingerprint density at radius 1 is 0.839 bits per heavy atom. The number of fused-ring (bicyclic) bond motifs is 2. The van der Waals surface area contributed by atoms with Gasteiger partial charge in [-0.1, -0.05) is 0 Å². The molecule has 6 amide bonds. The van der Waals surface area contributed by atoms with Crippen LogP contribution < -0.4 is 38.1 Å². The molecule has 2 bridgehead atoms. The Bertz CT molecular complexity index is 1410. The molecule has 0 aromatic carbocycles. The molecule has 23 heteroatoms. The molecule has 0 aromatic rings. The maximum Gasteiger partial charge on any atom is 0.326 e. The van der Waals surface area contributed by atoms with Gasteiger partial charge in [-0.05, 0) is 46.1 Å². The molecule has 14 unspecified atom stereocenters. The molecule has 3 rings (SSSR count). The molecule has 0 aliphatic carbocycles. The van der Waals surface area contributed by atoms with Crippen molar-refractivity contribution in [3.8, 4) is 0 Å². The summed E-state index contributed by atoms with van der Waals surface area (Å²) in [5, 5.41) is 52.7. The van der Waals surface area contributed by atoms with E-state index in [1.54, 1.807) is 0 Å². The maximum atomic E-state index is 13.4. The number of amides is 6. The first kappa shape index (κ1) is 46.3. The number of carbonyl (C=O) groups is 7. The largest absolute Gasteiger partial charge is 0.480 e.